The van der Waals surface area contributed by atoms with E-state index in [4.69, 9.17) is 5.73 Å². The number of sulfonamides is 1. The molecule has 0 saturated carbocycles. The van der Waals surface area contributed by atoms with E-state index >= 15 is 0 Å². The number of nitrogens with two attached hydrogens (primary N) is 1. The molecule has 21 heavy (non-hydrogen) atoms. The quantitative estimate of drug-likeness (QED) is 0.812. The highest BCUT2D eigenvalue weighted by Gasteiger charge is 2.39. The minimum Gasteiger partial charge on any atom is -0.398 e. The third kappa shape index (κ3) is 3.08. The second-order valence-corrected chi connectivity index (χ2v) is 8.40. The summed E-state index contributed by atoms with van der Waals surface area (Å²) in [7, 11) is -0.0528. The van der Waals surface area contributed by atoms with Crippen molar-refractivity contribution >= 4 is 31.6 Å². The zero-order chi connectivity index (χ0) is 15.9. The summed E-state index contributed by atoms with van der Waals surface area (Å²) in [6.45, 7) is 2.72. The number of nitrogen functional groups attached to an aromatic ring is 1. The van der Waals surface area contributed by atoms with E-state index in [9.17, 15) is 12.8 Å². The van der Waals surface area contributed by atoms with Crippen LogP contribution in [0.2, 0.25) is 0 Å². The molecular formula is C13H19BrFN3O2S. The number of hydrogen-bond donors (Lipinski definition) is 1. The maximum absolute atomic E-state index is 14.0. The predicted octanol–water partition coefficient (Wildman–Crippen LogP) is 1.74. The lowest BCUT2D eigenvalue weighted by molar-refractivity contribution is 0.263. The molecule has 1 aliphatic rings. The molecular weight excluding hydrogens is 361 g/mol. The summed E-state index contributed by atoms with van der Waals surface area (Å²) in [6, 6.07) is 2.38. The van der Waals surface area contributed by atoms with E-state index in [0.29, 0.717) is 17.6 Å². The molecule has 2 atom stereocenters. The molecule has 0 bridgehead atoms. The molecule has 0 aliphatic carbocycles. The van der Waals surface area contributed by atoms with Gasteiger partial charge in [-0.05, 0) is 48.1 Å². The van der Waals surface area contributed by atoms with Crippen LogP contribution in [0.25, 0.3) is 0 Å². The summed E-state index contributed by atoms with van der Waals surface area (Å²) in [6.07, 6.45) is 0. The van der Waals surface area contributed by atoms with Crippen molar-refractivity contribution in [2.75, 3.05) is 32.9 Å². The van der Waals surface area contributed by atoms with Gasteiger partial charge in [-0.15, -0.1) is 0 Å². The van der Waals surface area contributed by atoms with Crippen LogP contribution in [0.1, 0.15) is 6.92 Å². The van der Waals surface area contributed by atoms with Gasteiger partial charge in [-0.2, -0.15) is 4.31 Å². The van der Waals surface area contributed by atoms with Gasteiger partial charge in [0.1, 0.15) is 10.7 Å². The van der Waals surface area contributed by atoms with Crippen molar-refractivity contribution in [2.24, 2.45) is 5.92 Å². The topological polar surface area (TPSA) is 66.6 Å². The Labute approximate surface area is 133 Å². The van der Waals surface area contributed by atoms with Crippen molar-refractivity contribution in [1.29, 1.82) is 0 Å². The summed E-state index contributed by atoms with van der Waals surface area (Å²) in [5.74, 6) is -0.609. The molecule has 0 amide bonds. The van der Waals surface area contributed by atoms with E-state index in [0.717, 1.165) is 6.07 Å². The summed E-state index contributed by atoms with van der Waals surface area (Å²) in [4.78, 5) is 1.63. The van der Waals surface area contributed by atoms with E-state index in [-0.39, 0.29) is 22.5 Å². The third-order valence-electron chi connectivity index (χ3n) is 3.87. The third-order valence-corrected chi connectivity index (χ3v) is 6.40. The smallest absolute Gasteiger partial charge is 0.246 e. The van der Waals surface area contributed by atoms with Crippen molar-refractivity contribution in [3.63, 3.8) is 0 Å². The fourth-order valence-corrected chi connectivity index (χ4v) is 4.61. The second kappa shape index (κ2) is 5.83. The van der Waals surface area contributed by atoms with Crippen LogP contribution in [0.3, 0.4) is 0 Å². The van der Waals surface area contributed by atoms with Crippen molar-refractivity contribution in [1.82, 2.24) is 9.21 Å². The van der Waals surface area contributed by atoms with Crippen LogP contribution in [-0.4, -0.2) is 50.8 Å². The Balaban J connectivity index is 2.38. The lowest BCUT2D eigenvalue weighted by atomic mass is 10.1. The van der Waals surface area contributed by atoms with E-state index in [1.54, 1.807) is 0 Å². The van der Waals surface area contributed by atoms with Gasteiger partial charge in [-0.1, -0.05) is 6.92 Å². The first-order chi connectivity index (χ1) is 9.64. The Bertz CT molecular complexity index is 651. The number of halogens is 2. The van der Waals surface area contributed by atoms with E-state index in [1.165, 1.54) is 10.4 Å². The Morgan fingerprint density at radius 3 is 2.52 bits per heavy atom. The molecule has 8 heteroatoms. The van der Waals surface area contributed by atoms with Gasteiger partial charge in [-0.25, -0.2) is 12.8 Å². The fraction of sp³-hybridized carbons (Fsp3) is 0.538. The average molecular weight is 380 g/mol. The number of hydrogen-bond acceptors (Lipinski definition) is 4. The molecule has 0 spiro atoms. The number of rotatable bonds is 3. The number of benzene rings is 1. The van der Waals surface area contributed by atoms with Crippen LogP contribution in [0.4, 0.5) is 10.1 Å². The number of nitrogens with zero attached hydrogens (tertiary/aromatic N) is 2. The summed E-state index contributed by atoms with van der Waals surface area (Å²) in [5, 5.41) is 0. The monoisotopic (exact) mass is 379 g/mol. The zero-order valence-electron chi connectivity index (χ0n) is 12.2. The first-order valence-electron chi connectivity index (χ1n) is 6.55. The molecule has 1 aliphatic heterocycles. The van der Waals surface area contributed by atoms with Gasteiger partial charge >= 0.3 is 0 Å². The molecule has 1 saturated heterocycles. The predicted molar refractivity (Wildman–Crippen MR) is 83.9 cm³/mol. The molecule has 0 aromatic heterocycles. The zero-order valence-corrected chi connectivity index (χ0v) is 14.6. The van der Waals surface area contributed by atoms with E-state index < -0.39 is 15.8 Å². The normalized spacial score (nSPS) is 23.9. The molecule has 1 fully saturated rings. The fourth-order valence-electron chi connectivity index (χ4n) is 2.66. The lowest BCUT2D eigenvalue weighted by Crippen LogP contribution is -2.36. The van der Waals surface area contributed by atoms with Gasteiger partial charge in [0.15, 0.2) is 0 Å². The van der Waals surface area contributed by atoms with Crippen LogP contribution in [-0.2, 0) is 10.0 Å². The van der Waals surface area contributed by atoms with Crippen molar-refractivity contribution < 1.29 is 12.8 Å². The Hall–Kier alpha value is -0.700. The Morgan fingerprint density at radius 2 is 2.00 bits per heavy atom. The first kappa shape index (κ1) is 16.7. The maximum atomic E-state index is 14.0. The minimum absolute atomic E-state index is 0.121. The van der Waals surface area contributed by atoms with Crippen LogP contribution in [0.5, 0.6) is 0 Å². The average Bonchev–Trinajstić information content (AvgIpc) is 2.76. The molecule has 118 valence electrons. The molecule has 1 heterocycles. The molecule has 2 unspecified atom stereocenters. The van der Waals surface area contributed by atoms with Gasteiger partial charge < -0.3 is 10.6 Å². The van der Waals surface area contributed by atoms with Gasteiger partial charge in [-0.3, -0.25) is 0 Å². The summed E-state index contributed by atoms with van der Waals surface area (Å²) >= 11 is 3.09. The first-order valence-corrected chi connectivity index (χ1v) is 8.79. The molecule has 1 aromatic rings. The van der Waals surface area contributed by atoms with Gasteiger partial charge in [0.05, 0.1) is 0 Å². The molecule has 0 radical (unpaired) electrons. The van der Waals surface area contributed by atoms with Crippen LogP contribution >= 0.6 is 15.9 Å². The highest BCUT2D eigenvalue weighted by atomic mass is 79.9. The minimum atomic E-state index is -3.88. The number of anilines is 1. The second-order valence-electron chi connectivity index (χ2n) is 5.63. The largest absolute Gasteiger partial charge is 0.398 e. The van der Waals surface area contributed by atoms with Crippen LogP contribution in [0, 0.1) is 11.7 Å². The van der Waals surface area contributed by atoms with Gasteiger partial charge in [0.2, 0.25) is 10.0 Å². The standard InChI is InChI=1S/C13H19BrFN3O2S/c1-8-6-18(7-12(8)17(2)3)21(19,20)13-5-11(16)9(14)4-10(13)15/h4-5,8,12H,6-7,16H2,1-3H3. The van der Waals surface area contributed by atoms with Gasteiger partial charge in [0.25, 0.3) is 0 Å². The van der Waals surface area contributed by atoms with Crippen molar-refractivity contribution in [3.05, 3.63) is 22.4 Å². The number of likely N-dealkylation sites (N-methyl/N-ethyl adjacent to an activating group) is 1. The Kier molecular flexibility index (Phi) is 4.63. The molecule has 1 aromatic carbocycles. The highest BCUT2D eigenvalue weighted by Crippen LogP contribution is 2.31. The highest BCUT2D eigenvalue weighted by molar-refractivity contribution is 9.10. The Morgan fingerprint density at radius 1 is 1.38 bits per heavy atom. The van der Waals surface area contributed by atoms with Gasteiger partial charge in [0, 0.05) is 29.3 Å². The molecule has 5 nitrogen and oxygen atoms in total. The van der Waals surface area contributed by atoms with Crippen LogP contribution < -0.4 is 5.73 Å². The maximum Gasteiger partial charge on any atom is 0.246 e. The molecule has 2 rings (SSSR count). The summed E-state index contributed by atoms with van der Waals surface area (Å²) in [5.41, 5.74) is 5.88. The van der Waals surface area contributed by atoms with E-state index in [2.05, 4.69) is 15.9 Å². The summed E-state index contributed by atoms with van der Waals surface area (Å²) < 4.78 is 41.0. The van der Waals surface area contributed by atoms with Crippen molar-refractivity contribution in [3.8, 4) is 0 Å². The lowest BCUT2D eigenvalue weighted by Gasteiger charge is -2.22. The SMILES string of the molecule is CC1CN(S(=O)(=O)c2cc(N)c(Br)cc2F)CC1N(C)C. The molecule has 2 N–H and O–H groups in total. The van der Waals surface area contributed by atoms with E-state index in [1.807, 2.05) is 25.9 Å². The van der Waals surface area contributed by atoms with Crippen LogP contribution in [0.15, 0.2) is 21.5 Å². The van der Waals surface area contributed by atoms with Crippen molar-refractivity contribution in [2.45, 2.75) is 17.9 Å².